The molecule has 0 saturated heterocycles. The highest BCUT2D eigenvalue weighted by Crippen LogP contribution is 2.24. The van der Waals surface area contributed by atoms with Crippen LogP contribution in [0.2, 0.25) is 0 Å². The lowest BCUT2D eigenvalue weighted by Gasteiger charge is -2.13. The van der Waals surface area contributed by atoms with Gasteiger partial charge in [-0.1, -0.05) is 0 Å². The molecular formula is C7H13NO4. The summed E-state index contributed by atoms with van der Waals surface area (Å²) in [6.07, 6.45) is -1.01. The van der Waals surface area contributed by atoms with Crippen molar-refractivity contribution >= 4 is 0 Å². The van der Waals surface area contributed by atoms with E-state index < -0.39 is 12.3 Å². The van der Waals surface area contributed by atoms with Gasteiger partial charge >= 0.3 is 0 Å². The zero-order chi connectivity index (χ0) is 9.14. The summed E-state index contributed by atoms with van der Waals surface area (Å²) in [6, 6.07) is 0. The fourth-order valence-electron chi connectivity index (χ4n) is 1.18. The lowest BCUT2D eigenvalue weighted by Crippen LogP contribution is -2.34. The topological polar surface area (TPSA) is 73.9 Å². The molecule has 1 rings (SSSR count). The molecule has 1 aliphatic rings. The standard InChI is InChI=1S/C7H13NO4/c1-10-5-4(3-9)12-7(8)6(5)11-2/h6-7,9H,3,8H2,1-2H3/t6-,7?/m0/s1. The van der Waals surface area contributed by atoms with Gasteiger partial charge in [-0.15, -0.1) is 0 Å². The first-order chi connectivity index (χ1) is 5.74. The molecule has 0 radical (unpaired) electrons. The number of hydrogen-bond donors (Lipinski definition) is 2. The average molecular weight is 175 g/mol. The molecule has 0 spiro atoms. The Morgan fingerprint density at radius 2 is 2.25 bits per heavy atom. The van der Waals surface area contributed by atoms with Crippen LogP contribution in [-0.2, 0) is 14.2 Å². The summed E-state index contributed by atoms with van der Waals surface area (Å²) in [6.45, 7) is -0.225. The summed E-state index contributed by atoms with van der Waals surface area (Å²) in [4.78, 5) is 0. The van der Waals surface area contributed by atoms with Gasteiger partial charge in [-0.3, -0.25) is 5.73 Å². The molecule has 0 amide bonds. The van der Waals surface area contributed by atoms with Gasteiger partial charge in [0, 0.05) is 7.11 Å². The van der Waals surface area contributed by atoms with Gasteiger partial charge in [-0.2, -0.15) is 0 Å². The smallest absolute Gasteiger partial charge is 0.181 e. The quantitative estimate of drug-likeness (QED) is 0.585. The molecule has 2 atom stereocenters. The molecule has 1 heterocycles. The van der Waals surface area contributed by atoms with Crippen molar-refractivity contribution < 1.29 is 19.3 Å². The van der Waals surface area contributed by atoms with E-state index in [0.29, 0.717) is 11.5 Å². The maximum atomic E-state index is 8.82. The molecule has 1 unspecified atom stereocenters. The molecule has 0 aliphatic carbocycles. The van der Waals surface area contributed by atoms with E-state index in [1.54, 1.807) is 0 Å². The fraction of sp³-hybridized carbons (Fsp3) is 0.714. The molecule has 0 aromatic heterocycles. The van der Waals surface area contributed by atoms with Gasteiger partial charge in [-0.05, 0) is 0 Å². The number of methoxy groups -OCH3 is 2. The lowest BCUT2D eigenvalue weighted by atomic mass is 10.3. The second kappa shape index (κ2) is 3.75. The van der Waals surface area contributed by atoms with E-state index >= 15 is 0 Å². The Balaban J connectivity index is 2.80. The molecule has 0 fully saturated rings. The number of hydrogen-bond acceptors (Lipinski definition) is 5. The van der Waals surface area contributed by atoms with Crippen LogP contribution in [0.4, 0.5) is 0 Å². The van der Waals surface area contributed by atoms with Crippen LogP contribution in [0.25, 0.3) is 0 Å². The van der Waals surface area contributed by atoms with Crippen molar-refractivity contribution in [1.29, 1.82) is 0 Å². The van der Waals surface area contributed by atoms with Crippen LogP contribution in [0, 0.1) is 0 Å². The Morgan fingerprint density at radius 3 is 2.67 bits per heavy atom. The maximum absolute atomic E-state index is 8.82. The Bertz CT molecular complexity index is 192. The van der Waals surface area contributed by atoms with Gasteiger partial charge in [0.15, 0.2) is 23.9 Å². The minimum atomic E-state index is -0.591. The normalized spacial score (nSPS) is 29.0. The van der Waals surface area contributed by atoms with Crippen molar-refractivity contribution in [2.45, 2.75) is 12.3 Å². The molecule has 12 heavy (non-hydrogen) atoms. The molecule has 3 N–H and O–H groups in total. The minimum absolute atomic E-state index is 0.225. The summed E-state index contributed by atoms with van der Waals surface area (Å²) in [7, 11) is 2.99. The monoisotopic (exact) mass is 175 g/mol. The summed E-state index contributed by atoms with van der Waals surface area (Å²) in [5, 5.41) is 8.82. The van der Waals surface area contributed by atoms with E-state index in [1.807, 2.05) is 0 Å². The first-order valence-corrected chi connectivity index (χ1v) is 3.57. The van der Waals surface area contributed by atoms with Crippen LogP contribution in [0.1, 0.15) is 0 Å². The third-order valence-corrected chi connectivity index (χ3v) is 1.73. The van der Waals surface area contributed by atoms with E-state index in [2.05, 4.69) is 0 Å². The number of aliphatic hydroxyl groups excluding tert-OH is 1. The summed E-state index contributed by atoms with van der Waals surface area (Å²) >= 11 is 0. The molecule has 70 valence electrons. The van der Waals surface area contributed by atoms with E-state index in [1.165, 1.54) is 14.2 Å². The predicted molar refractivity (Wildman–Crippen MR) is 41.0 cm³/mol. The molecule has 0 bridgehead atoms. The minimum Gasteiger partial charge on any atom is -0.495 e. The summed E-state index contributed by atoms with van der Waals surface area (Å²) < 4.78 is 15.1. The van der Waals surface area contributed by atoms with Gasteiger partial charge in [0.25, 0.3) is 0 Å². The van der Waals surface area contributed by atoms with Crippen molar-refractivity contribution in [2.24, 2.45) is 5.73 Å². The Kier molecular flexibility index (Phi) is 2.91. The van der Waals surface area contributed by atoms with Crippen LogP contribution >= 0.6 is 0 Å². The first-order valence-electron chi connectivity index (χ1n) is 3.57. The fourth-order valence-corrected chi connectivity index (χ4v) is 1.18. The van der Waals surface area contributed by atoms with Crippen molar-refractivity contribution in [2.75, 3.05) is 20.8 Å². The van der Waals surface area contributed by atoms with Crippen LogP contribution < -0.4 is 5.73 Å². The Hall–Kier alpha value is -0.780. The van der Waals surface area contributed by atoms with E-state index in [9.17, 15) is 0 Å². The van der Waals surface area contributed by atoms with Crippen molar-refractivity contribution in [1.82, 2.24) is 0 Å². The highest BCUT2D eigenvalue weighted by molar-refractivity contribution is 5.14. The van der Waals surface area contributed by atoms with Crippen LogP contribution in [-0.4, -0.2) is 38.3 Å². The highest BCUT2D eigenvalue weighted by atomic mass is 16.6. The largest absolute Gasteiger partial charge is 0.495 e. The molecule has 0 saturated carbocycles. The van der Waals surface area contributed by atoms with Gasteiger partial charge in [0.2, 0.25) is 0 Å². The maximum Gasteiger partial charge on any atom is 0.181 e. The first kappa shape index (κ1) is 9.31. The number of ether oxygens (including phenoxy) is 3. The second-order valence-electron chi connectivity index (χ2n) is 2.39. The number of nitrogens with two attached hydrogens (primary N) is 1. The van der Waals surface area contributed by atoms with Crippen LogP contribution in [0.15, 0.2) is 11.5 Å². The Labute approximate surface area is 70.7 Å². The summed E-state index contributed by atoms with van der Waals surface area (Å²) in [5.74, 6) is 0.810. The number of aliphatic hydroxyl groups is 1. The third-order valence-electron chi connectivity index (χ3n) is 1.73. The zero-order valence-electron chi connectivity index (χ0n) is 7.11. The van der Waals surface area contributed by atoms with Crippen molar-refractivity contribution in [3.8, 4) is 0 Å². The second-order valence-corrected chi connectivity index (χ2v) is 2.39. The molecule has 5 heteroatoms. The lowest BCUT2D eigenvalue weighted by molar-refractivity contribution is 0.00657. The van der Waals surface area contributed by atoms with E-state index in [0.717, 1.165) is 0 Å². The van der Waals surface area contributed by atoms with Gasteiger partial charge in [-0.25, -0.2) is 0 Å². The molecule has 0 aromatic carbocycles. The SMILES string of the molecule is COC1=C(CO)OC(N)[C@H]1OC. The third kappa shape index (κ3) is 1.38. The van der Waals surface area contributed by atoms with Crippen molar-refractivity contribution in [3.05, 3.63) is 11.5 Å². The van der Waals surface area contributed by atoms with Crippen LogP contribution in [0.3, 0.4) is 0 Å². The van der Waals surface area contributed by atoms with Crippen molar-refractivity contribution in [3.63, 3.8) is 0 Å². The van der Waals surface area contributed by atoms with Gasteiger partial charge < -0.3 is 19.3 Å². The summed E-state index contributed by atoms with van der Waals surface area (Å²) in [5.41, 5.74) is 5.54. The van der Waals surface area contributed by atoms with Gasteiger partial charge in [0.05, 0.1) is 7.11 Å². The Morgan fingerprint density at radius 1 is 1.58 bits per heavy atom. The van der Waals surface area contributed by atoms with Gasteiger partial charge in [0.1, 0.15) is 6.61 Å². The molecular weight excluding hydrogens is 162 g/mol. The van der Waals surface area contributed by atoms with Crippen LogP contribution in [0.5, 0.6) is 0 Å². The zero-order valence-corrected chi connectivity index (χ0v) is 7.11. The van der Waals surface area contributed by atoms with E-state index in [-0.39, 0.29) is 6.61 Å². The average Bonchev–Trinajstić information content (AvgIpc) is 2.40. The predicted octanol–water partition coefficient (Wildman–Crippen LogP) is -0.833. The highest BCUT2D eigenvalue weighted by Gasteiger charge is 2.35. The molecule has 1 aliphatic heterocycles. The van der Waals surface area contributed by atoms with E-state index in [4.69, 9.17) is 25.1 Å². The molecule has 5 nitrogen and oxygen atoms in total. The molecule has 0 aromatic rings. The number of rotatable bonds is 3.